The number of nitrogens with zero attached hydrogens (tertiary/aromatic N) is 2. The maximum Gasteiger partial charge on any atom is 0.292 e. The highest BCUT2D eigenvalue weighted by Crippen LogP contribution is 2.33. The monoisotopic (exact) mass is 330 g/mol. The number of halogens is 2. The van der Waals surface area contributed by atoms with Crippen LogP contribution in [0.2, 0.25) is 0 Å². The van der Waals surface area contributed by atoms with Crippen molar-refractivity contribution >= 4 is 48.5 Å². The largest absolute Gasteiger partial charge is 0.292 e. The number of hydrogen-bond donors (Lipinski definition) is 0. The van der Waals surface area contributed by atoms with E-state index in [1.54, 1.807) is 24.4 Å². The molecule has 1 heterocycles. The maximum atomic E-state index is 10.9. The van der Waals surface area contributed by atoms with Crippen LogP contribution in [0.1, 0.15) is 0 Å². The van der Waals surface area contributed by atoms with Crippen LogP contribution in [-0.2, 0) is 0 Å². The van der Waals surface area contributed by atoms with E-state index in [1.165, 1.54) is 0 Å². The first-order valence-corrected chi connectivity index (χ1v) is 5.56. The van der Waals surface area contributed by atoms with Crippen molar-refractivity contribution in [3.8, 4) is 0 Å². The molecule has 1 aromatic carbocycles. The Morgan fingerprint density at radius 3 is 2.73 bits per heavy atom. The third-order valence-corrected chi connectivity index (χ3v) is 3.01. The van der Waals surface area contributed by atoms with E-state index < -0.39 is 4.92 Å². The summed E-state index contributed by atoms with van der Waals surface area (Å²) in [4.78, 5) is 14.6. The summed E-state index contributed by atoms with van der Waals surface area (Å²) in [5.41, 5.74) is 0.648. The van der Waals surface area contributed by atoms with E-state index in [-0.39, 0.29) is 5.69 Å². The van der Waals surface area contributed by atoms with Gasteiger partial charge in [0, 0.05) is 10.7 Å². The average Bonchev–Trinajstić information content (AvgIpc) is 2.16. The molecular formula is C9H4Br2N2O2. The Kier molecular flexibility index (Phi) is 2.70. The molecule has 0 atom stereocenters. The topological polar surface area (TPSA) is 56.0 Å². The molecular weight excluding hydrogens is 328 g/mol. The number of hydrogen-bond acceptors (Lipinski definition) is 3. The van der Waals surface area contributed by atoms with Crippen molar-refractivity contribution in [2.45, 2.75) is 0 Å². The fourth-order valence-electron chi connectivity index (χ4n) is 1.32. The fraction of sp³-hybridized carbons (Fsp3) is 0. The molecule has 6 heteroatoms. The first-order chi connectivity index (χ1) is 7.09. The molecule has 0 bridgehead atoms. The zero-order valence-corrected chi connectivity index (χ0v) is 10.4. The summed E-state index contributed by atoms with van der Waals surface area (Å²) in [5.74, 6) is 0. The average molecular weight is 332 g/mol. The van der Waals surface area contributed by atoms with Gasteiger partial charge in [0.25, 0.3) is 5.69 Å². The van der Waals surface area contributed by atoms with Gasteiger partial charge in [-0.3, -0.25) is 15.1 Å². The number of nitro benzene ring substituents is 1. The Balaban J connectivity index is 2.90. The van der Waals surface area contributed by atoms with Crippen molar-refractivity contribution < 1.29 is 4.92 Å². The molecule has 1 aromatic heterocycles. The number of aromatic nitrogens is 1. The number of rotatable bonds is 1. The standard InChI is InChI=1S/C9H4Br2N2O2/c10-5-3-6-8(12-4-5)2-1-7(11)9(6)13(14)15/h1-4H. The summed E-state index contributed by atoms with van der Waals surface area (Å²) in [5, 5.41) is 11.4. The SMILES string of the molecule is O=[N+]([O-])c1c(Br)ccc2ncc(Br)cc12. The van der Waals surface area contributed by atoms with E-state index >= 15 is 0 Å². The van der Waals surface area contributed by atoms with Crippen LogP contribution in [0, 0.1) is 10.1 Å². The fourth-order valence-corrected chi connectivity index (χ4v) is 2.14. The van der Waals surface area contributed by atoms with Gasteiger partial charge in [-0.1, -0.05) is 0 Å². The van der Waals surface area contributed by atoms with Crippen molar-refractivity contribution in [1.29, 1.82) is 0 Å². The summed E-state index contributed by atoms with van der Waals surface area (Å²) in [7, 11) is 0. The van der Waals surface area contributed by atoms with E-state index in [1.807, 2.05) is 0 Å². The minimum absolute atomic E-state index is 0.0429. The first-order valence-electron chi connectivity index (χ1n) is 3.98. The molecule has 0 amide bonds. The minimum Gasteiger partial charge on any atom is -0.258 e. The highest BCUT2D eigenvalue weighted by atomic mass is 79.9. The second kappa shape index (κ2) is 3.86. The number of benzene rings is 1. The lowest BCUT2D eigenvalue weighted by Crippen LogP contribution is -1.92. The summed E-state index contributed by atoms with van der Waals surface area (Å²) in [6.45, 7) is 0. The molecule has 0 fully saturated rings. The molecule has 0 N–H and O–H groups in total. The maximum absolute atomic E-state index is 10.9. The van der Waals surface area contributed by atoms with Crippen LogP contribution in [0.5, 0.6) is 0 Å². The third-order valence-electron chi connectivity index (χ3n) is 1.94. The van der Waals surface area contributed by atoms with Crippen molar-refractivity contribution in [3.05, 3.63) is 43.5 Å². The lowest BCUT2D eigenvalue weighted by Gasteiger charge is -2.01. The predicted molar refractivity (Wildman–Crippen MR) is 63.8 cm³/mol. The molecule has 2 rings (SSSR count). The summed E-state index contributed by atoms with van der Waals surface area (Å²) in [6.07, 6.45) is 1.61. The highest BCUT2D eigenvalue weighted by molar-refractivity contribution is 9.10. The zero-order chi connectivity index (χ0) is 11.0. The summed E-state index contributed by atoms with van der Waals surface area (Å²) in [6, 6.07) is 5.05. The van der Waals surface area contributed by atoms with E-state index in [4.69, 9.17) is 0 Å². The molecule has 0 aliphatic carbocycles. The van der Waals surface area contributed by atoms with Gasteiger partial charge in [0.15, 0.2) is 0 Å². The van der Waals surface area contributed by atoms with Crippen molar-refractivity contribution in [1.82, 2.24) is 4.98 Å². The van der Waals surface area contributed by atoms with Crippen LogP contribution in [0.15, 0.2) is 33.3 Å². The smallest absolute Gasteiger partial charge is 0.258 e. The summed E-state index contributed by atoms with van der Waals surface area (Å²) >= 11 is 6.40. The molecule has 0 radical (unpaired) electrons. The molecule has 4 nitrogen and oxygen atoms in total. The minimum atomic E-state index is -0.416. The second-order valence-corrected chi connectivity index (χ2v) is 4.64. The Labute approximate surface area is 102 Å². The van der Waals surface area contributed by atoms with Crippen LogP contribution >= 0.6 is 31.9 Å². The highest BCUT2D eigenvalue weighted by Gasteiger charge is 2.17. The second-order valence-electron chi connectivity index (χ2n) is 2.87. The molecule has 2 aromatic rings. The van der Waals surface area contributed by atoms with E-state index in [9.17, 15) is 10.1 Å². The normalized spacial score (nSPS) is 10.5. The van der Waals surface area contributed by atoms with Crippen molar-refractivity contribution in [3.63, 3.8) is 0 Å². The molecule has 0 unspecified atom stereocenters. The number of nitro groups is 1. The van der Waals surface area contributed by atoms with E-state index in [2.05, 4.69) is 36.8 Å². The Bertz CT molecular complexity index is 552. The van der Waals surface area contributed by atoms with Crippen molar-refractivity contribution in [2.75, 3.05) is 0 Å². The van der Waals surface area contributed by atoms with E-state index in [0.29, 0.717) is 15.4 Å². The molecule has 15 heavy (non-hydrogen) atoms. The van der Waals surface area contributed by atoms with Crippen LogP contribution in [0.25, 0.3) is 10.9 Å². The van der Waals surface area contributed by atoms with Gasteiger partial charge in [-0.2, -0.15) is 0 Å². The third kappa shape index (κ3) is 1.87. The molecule has 0 spiro atoms. The molecule has 0 aliphatic heterocycles. The van der Waals surface area contributed by atoms with Gasteiger partial charge in [0.1, 0.15) is 0 Å². The Morgan fingerprint density at radius 1 is 1.33 bits per heavy atom. The quantitative estimate of drug-likeness (QED) is 0.591. The summed E-state index contributed by atoms with van der Waals surface area (Å²) < 4.78 is 1.18. The lowest BCUT2D eigenvalue weighted by molar-refractivity contribution is -0.383. The van der Waals surface area contributed by atoms with E-state index in [0.717, 1.165) is 4.47 Å². The van der Waals surface area contributed by atoms with Gasteiger partial charge in [0.05, 0.1) is 20.3 Å². The van der Waals surface area contributed by atoms with Gasteiger partial charge < -0.3 is 0 Å². The van der Waals surface area contributed by atoms with Gasteiger partial charge >= 0.3 is 0 Å². The molecule has 76 valence electrons. The van der Waals surface area contributed by atoms with Crippen LogP contribution < -0.4 is 0 Å². The lowest BCUT2D eigenvalue weighted by atomic mass is 10.2. The Hall–Kier alpha value is -1.01. The zero-order valence-electron chi connectivity index (χ0n) is 7.28. The Morgan fingerprint density at radius 2 is 2.07 bits per heavy atom. The molecule has 0 aliphatic rings. The van der Waals surface area contributed by atoms with Gasteiger partial charge in [0.2, 0.25) is 0 Å². The van der Waals surface area contributed by atoms with Crippen LogP contribution in [-0.4, -0.2) is 9.91 Å². The first kappa shape index (κ1) is 10.5. The van der Waals surface area contributed by atoms with Crippen LogP contribution in [0.3, 0.4) is 0 Å². The van der Waals surface area contributed by atoms with Gasteiger partial charge in [-0.05, 0) is 50.1 Å². The van der Waals surface area contributed by atoms with Crippen molar-refractivity contribution in [2.24, 2.45) is 0 Å². The molecule has 0 saturated carbocycles. The van der Waals surface area contributed by atoms with Gasteiger partial charge in [-0.25, -0.2) is 0 Å². The number of pyridine rings is 1. The number of fused-ring (bicyclic) bond motifs is 1. The van der Waals surface area contributed by atoms with Crippen LogP contribution in [0.4, 0.5) is 5.69 Å². The van der Waals surface area contributed by atoms with Gasteiger partial charge in [-0.15, -0.1) is 0 Å². The molecule has 0 saturated heterocycles. The predicted octanol–water partition coefficient (Wildman–Crippen LogP) is 3.67.